The number of nitro benzene ring substituents is 1. The monoisotopic (exact) mass is 506 g/mol. The fraction of sp³-hybridized carbons (Fsp3) is 0.556. The molecule has 37 heavy (non-hydrogen) atoms. The van der Waals surface area contributed by atoms with E-state index in [1.54, 1.807) is 6.08 Å². The van der Waals surface area contributed by atoms with Crippen LogP contribution in [0.4, 0.5) is 10.5 Å². The van der Waals surface area contributed by atoms with Gasteiger partial charge in [0.25, 0.3) is 5.69 Å². The molecular weight excluding hydrogens is 480 g/mol. The number of piperidine rings is 1. The van der Waals surface area contributed by atoms with Crippen LogP contribution in [-0.2, 0) is 14.3 Å². The molecule has 5 saturated carbocycles. The predicted octanol–water partition coefficient (Wildman–Crippen LogP) is 3.24. The SMILES string of the molecule is O=C(OC1=C2O[C@H]3C(=O)CCC45CC36C2C(C=C1)CC(N4CC1CC1)C65O)Oc1ccc([N+](=O)[O-])cc1. The summed E-state index contributed by atoms with van der Waals surface area (Å²) in [5.74, 6) is 1.31. The second-order valence-corrected chi connectivity index (χ2v) is 11.8. The number of Topliss-reactive ketones (excluding diaryl/α,β-unsaturated/α-hetero) is 1. The largest absolute Gasteiger partial charge is 0.519 e. The van der Waals surface area contributed by atoms with Gasteiger partial charge in [0.2, 0.25) is 0 Å². The number of hydrogen-bond acceptors (Lipinski definition) is 9. The molecule has 1 aromatic carbocycles. The Bertz CT molecular complexity index is 1330. The number of fused-ring (bicyclic) bond motifs is 2. The van der Waals surface area contributed by atoms with Gasteiger partial charge in [-0.15, -0.1) is 0 Å². The molecule has 1 N–H and O–H groups in total. The molecule has 10 nitrogen and oxygen atoms in total. The van der Waals surface area contributed by atoms with Crippen molar-refractivity contribution in [3.63, 3.8) is 0 Å². The molecule has 2 saturated heterocycles. The molecule has 7 atom stereocenters. The van der Waals surface area contributed by atoms with Gasteiger partial charge in [-0.05, 0) is 62.1 Å². The van der Waals surface area contributed by atoms with Crippen molar-refractivity contribution in [2.24, 2.45) is 23.2 Å². The lowest BCUT2D eigenvalue weighted by atomic mass is 9.30. The summed E-state index contributed by atoms with van der Waals surface area (Å²) in [5.41, 5.74) is -2.16. The molecule has 10 heteroatoms. The van der Waals surface area contributed by atoms with Crippen LogP contribution in [0.5, 0.6) is 5.75 Å². The van der Waals surface area contributed by atoms with Crippen LogP contribution in [0.3, 0.4) is 0 Å². The molecule has 2 heterocycles. The quantitative estimate of drug-likeness (QED) is 0.277. The average Bonchev–Trinajstić information content (AvgIpc) is 3.65. The third-order valence-corrected chi connectivity index (χ3v) is 10.3. The van der Waals surface area contributed by atoms with E-state index < -0.39 is 28.2 Å². The zero-order valence-corrected chi connectivity index (χ0v) is 20.0. The summed E-state index contributed by atoms with van der Waals surface area (Å²) in [6.07, 6.45) is 7.00. The van der Waals surface area contributed by atoms with Crippen LogP contribution in [-0.4, -0.2) is 56.7 Å². The third kappa shape index (κ3) is 2.44. The Morgan fingerprint density at radius 3 is 2.76 bits per heavy atom. The molecule has 2 aliphatic heterocycles. The lowest BCUT2D eigenvalue weighted by Crippen LogP contribution is -2.99. The minimum Gasteiger partial charge on any atom is -0.482 e. The van der Waals surface area contributed by atoms with Gasteiger partial charge in [-0.1, -0.05) is 6.08 Å². The van der Waals surface area contributed by atoms with Crippen molar-refractivity contribution in [1.82, 2.24) is 4.90 Å². The molecule has 6 unspecified atom stereocenters. The van der Waals surface area contributed by atoms with Crippen LogP contribution in [0.25, 0.3) is 0 Å². The highest BCUT2D eigenvalue weighted by atomic mass is 16.7. The van der Waals surface area contributed by atoms with Crippen molar-refractivity contribution in [1.29, 1.82) is 0 Å². The van der Waals surface area contributed by atoms with Crippen molar-refractivity contribution in [3.05, 3.63) is 58.1 Å². The summed E-state index contributed by atoms with van der Waals surface area (Å²) in [6.45, 7) is 0.995. The Morgan fingerprint density at radius 1 is 1.24 bits per heavy atom. The van der Waals surface area contributed by atoms with Gasteiger partial charge in [-0.2, -0.15) is 0 Å². The van der Waals surface area contributed by atoms with E-state index in [9.17, 15) is 24.8 Å². The van der Waals surface area contributed by atoms with E-state index in [2.05, 4.69) is 4.90 Å². The molecule has 6 aliphatic carbocycles. The van der Waals surface area contributed by atoms with Crippen LogP contribution in [0, 0.1) is 33.3 Å². The number of carbonyl (C=O) groups excluding carboxylic acids is 2. The summed E-state index contributed by atoms with van der Waals surface area (Å²) >= 11 is 0. The van der Waals surface area contributed by atoms with Gasteiger partial charge >= 0.3 is 6.16 Å². The number of aliphatic hydroxyl groups is 1. The number of ketones is 1. The van der Waals surface area contributed by atoms with Gasteiger partial charge in [-0.25, -0.2) is 4.79 Å². The molecule has 2 spiro atoms. The number of likely N-dealkylation sites (tertiary alicyclic amines) is 1. The maximum atomic E-state index is 13.4. The highest BCUT2D eigenvalue weighted by molar-refractivity contribution is 5.88. The van der Waals surface area contributed by atoms with Crippen molar-refractivity contribution < 1.29 is 33.8 Å². The van der Waals surface area contributed by atoms with Gasteiger partial charge in [0.05, 0.1) is 15.9 Å². The first-order valence-corrected chi connectivity index (χ1v) is 13.0. The summed E-state index contributed by atoms with van der Waals surface area (Å²) in [6, 6.07) is 5.13. The molecule has 0 aromatic heterocycles. The van der Waals surface area contributed by atoms with Gasteiger partial charge in [-0.3, -0.25) is 19.8 Å². The number of non-ortho nitro benzene ring substituents is 1. The number of carbonyl (C=O) groups is 2. The molecule has 8 aliphatic rings. The van der Waals surface area contributed by atoms with Gasteiger partial charge in [0.1, 0.15) is 17.1 Å². The first-order chi connectivity index (χ1) is 17.8. The normalized spacial score (nSPS) is 42.1. The average molecular weight is 507 g/mol. The van der Waals surface area contributed by atoms with Crippen molar-refractivity contribution in [2.45, 2.75) is 61.8 Å². The van der Waals surface area contributed by atoms with Gasteiger partial charge in [0.15, 0.2) is 17.6 Å². The van der Waals surface area contributed by atoms with E-state index in [-0.39, 0.29) is 46.4 Å². The number of allylic oxidation sites excluding steroid dienone is 3. The molecular formula is C27H26N2O8. The van der Waals surface area contributed by atoms with Crippen LogP contribution >= 0.6 is 0 Å². The molecule has 0 amide bonds. The minimum absolute atomic E-state index is 0.0127. The zero-order valence-electron chi connectivity index (χ0n) is 20.0. The lowest BCUT2D eigenvalue weighted by Gasteiger charge is -2.85. The number of benzene rings is 1. The summed E-state index contributed by atoms with van der Waals surface area (Å²) in [4.78, 5) is 38.8. The Morgan fingerprint density at radius 2 is 2.03 bits per heavy atom. The zero-order chi connectivity index (χ0) is 25.3. The number of rotatable bonds is 5. The number of ether oxygens (including phenoxy) is 3. The van der Waals surface area contributed by atoms with Crippen molar-refractivity contribution >= 4 is 17.6 Å². The second kappa shape index (κ2) is 6.79. The molecule has 192 valence electrons. The summed E-state index contributed by atoms with van der Waals surface area (Å²) in [7, 11) is 0. The molecule has 9 rings (SSSR count). The van der Waals surface area contributed by atoms with Gasteiger partial charge in [0, 0.05) is 37.1 Å². The van der Waals surface area contributed by atoms with Crippen LogP contribution in [0.15, 0.2) is 47.9 Å². The van der Waals surface area contributed by atoms with Crippen molar-refractivity contribution in [3.8, 4) is 5.75 Å². The smallest absolute Gasteiger partial charge is 0.482 e. The third-order valence-electron chi connectivity index (χ3n) is 10.3. The highest BCUT2D eigenvalue weighted by Gasteiger charge is 2.94. The lowest BCUT2D eigenvalue weighted by molar-refractivity contribution is -0.418. The van der Waals surface area contributed by atoms with E-state index in [1.165, 1.54) is 37.1 Å². The van der Waals surface area contributed by atoms with E-state index in [1.807, 2.05) is 6.08 Å². The van der Waals surface area contributed by atoms with Crippen LogP contribution in [0.1, 0.15) is 38.5 Å². The first kappa shape index (κ1) is 21.8. The van der Waals surface area contributed by atoms with Crippen LogP contribution < -0.4 is 4.74 Å². The van der Waals surface area contributed by atoms with Crippen molar-refractivity contribution in [2.75, 3.05) is 6.54 Å². The molecule has 2 bridgehead atoms. The summed E-state index contributed by atoms with van der Waals surface area (Å²) in [5, 5.41) is 23.2. The maximum absolute atomic E-state index is 13.4. The number of nitro groups is 1. The standard InChI is InChI=1S/C27H26N2O8/c30-18-9-10-25-13-26-21-15(11-20(27(25,26)32)28(25)12-14-1-2-14)3-8-19(22(21)37-23(18)26)36-24(31)35-17-6-4-16(5-7-17)29(33)34/h3-8,14-15,20-21,23,32H,1-2,9-13H2/t15?,20?,21?,23-,25?,26?,27?/m0/s1. The van der Waals surface area contributed by atoms with E-state index in [0.717, 1.165) is 19.4 Å². The fourth-order valence-corrected chi connectivity index (χ4v) is 8.83. The van der Waals surface area contributed by atoms with Gasteiger partial charge < -0.3 is 19.3 Å². The number of nitrogens with zero attached hydrogens (tertiary/aromatic N) is 2. The maximum Gasteiger partial charge on any atom is 0.519 e. The summed E-state index contributed by atoms with van der Waals surface area (Å²) < 4.78 is 17.1. The highest BCUT2D eigenvalue weighted by Crippen LogP contribution is 2.82. The fourth-order valence-electron chi connectivity index (χ4n) is 8.83. The van der Waals surface area contributed by atoms with E-state index in [4.69, 9.17) is 14.2 Å². The Hall–Kier alpha value is -3.24. The van der Waals surface area contributed by atoms with E-state index >= 15 is 0 Å². The molecule has 7 fully saturated rings. The predicted molar refractivity (Wildman–Crippen MR) is 125 cm³/mol. The van der Waals surface area contributed by atoms with E-state index in [0.29, 0.717) is 24.5 Å². The topological polar surface area (TPSA) is 128 Å². The minimum atomic E-state index is -1.01. The Balaban J connectivity index is 1.11. The van der Waals surface area contributed by atoms with Crippen LogP contribution in [0.2, 0.25) is 0 Å². The first-order valence-electron chi connectivity index (χ1n) is 13.0. The second-order valence-electron chi connectivity index (χ2n) is 11.8. The molecule has 0 radical (unpaired) electrons. The Labute approximate surface area is 212 Å². The molecule has 1 aromatic rings. The Kier molecular flexibility index (Phi) is 4.00. The number of hydrogen-bond donors (Lipinski definition) is 1.